The smallest absolute Gasteiger partial charge is 0.0649 e. The van der Waals surface area contributed by atoms with Crippen LogP contribution in [0.5, 0.6) is 0 Å². The number of fused-ring (bicyclic) bond motifs is 1. The summed E-state index contributed by atoms with van der Waals surface area (Å²) >= 11 is 3.59. The van der Waals surface area contributed by atoms with E-state index in [-0.39, 0.29) is 6.10 Å². The van der Waals surface area contributed by atoms with E-state index in [2.05, 4.69) is 70.2 Å². The van der Waals surface area contributed by atoms with E-state index in [4.69, 9.17) is 4.74 Å². The SMILES string of the molecule is CC1Cc2ccc(Br)cc2N(c2ccccc2)CCO1. The molecule has 1 atom stereocenters. The van der Waals surface area contributed by atoms with Crippen LogP contribution in [0.1, 0.15) is 12.5 Å². The number of ether oxygens (including phenoxy) is 1. The van der Waals surface area contributed by atoms with Crippen molar-refractivity contribution in [2.45, 2.75) is 19.4 Å². The van der Waals surface area contributed by atoms with Gasteiger partial charge in [0.15, 0.2) is 0 Å². The lowest BCUT2D eigenvalue weighted by molar-refractivity contribution is 0.0703. The molecule has 1 heterocycles. The van der Waals surface area contributed by atoms with Crippen LogP contribution in [0, 0.1) is 0 Å². The van der Waals surface area contributed by atoms with E-state index in [0.717, 1.165) is 24.0 Å². The van der Waals surface area contributed by atoms with Gasteiger partial charge in [0, 0.05) is 28.8 Å². The van der Waals surface area contributed by atoms with Crippen LogP contribution >= 0.6 is 15.9 Å². The molecule has 0 bridgehead atoms. The summed E-state index contributed by atoms with van der Waals surface area (Å²) in [4.78, 5) is 2.34. The van der Waals surface area contributed by atoms with Crippen LogP contribution in [-0.4, -0.2) is 19.3 Å². The van der Waals surface area contributed by atoms with Gasteiger partial charge in [0.05, 0.1) is 12.7 Å². The fourth-order valence-electron chi connectivity index (χ4n) is 2.67. The first kappa shape index (κ1) is 13.7. The van der Waals surface area contributed by atoms with Crippen molar-refractivity contribution in [2.75, 3.05) is 18.1 Å². The summed E-state index contributed by atoms with van der Waals surface area (Å²) in [6.45, 7) is 3.77. The van der Waals surface area contributed by atoms with E-state index in [0.29, 0.717) is 0 Å². The normalized spacial score (nSPS) is 19.1. The van der Waals surface area contributed by atoms with Crippen molar-refractivity contribution in [3.8, 4) is 0 Å². The van der Waals surface area contributed by atoms with Crippen molar-refractivity contribution in [1.29, 1.82) is 0 Å². The van der Waals surface area contributed by atoms with E-state index >= 15 is 0 Å². The monoisotopic (exact) mass is 331 g/mol. The van der Waals surface area contributed by atoms with Gasteiger partial charge in [0.1, 0.15) is 0 Å². The van der Waals surface area contributed by atoms with Crippen molar-refractivity contribution in [3.63, 3.8) is 0 Å². The Kier molecular flexibility index (Phi) is 4.08. The standard InChI is InChI=1S/C17H18BrNO/c1-13-11-14-7-8-15(18)12-17(14)19(9-10-20-13)16-5-3-2-4-6-16/h2-8,12-13H,9-11H2,1H3. The molecule has 3 heteroatoms. The molecule has 1 unspecified atom stereocenters. The molecule has 1 aliphatic heterocycles. The molecule has 0 aromatic heterocycles. The minimum Gasteiger partial charge on any atom is -0.376 e. The molecule has 2 aromatic carbocycles. The molecule has 2 aromatic rings. The third-order valence-corrected chi connectivity index (χ3v) is 4.12. The number of hydrogen-bond acceptors (Lipinski definition) is 2. The van der Waals surface area contributed by atoms with Crippen LogP contribution < -0.4 is 4.90 Å². The number of anilines is 2. The highest BCUT2D eigenvalue weighted by Gasteiger charge is 2.19. The molecule has 2 nitrogen and oxygen atoms in total. The Balaban J connectivity index is 2.07. The number of halogens is 1. The van der Waals surface area contributed by atoms with Crippen LogP contribution in [0.15, 0.2) is 53.0 Å². The van der Waals surface area contributed by atoms with Gasteiger partial charge in [-0.2, -0.15) is 0 Å². The van der Waals surface area contributed by atoms with Crippen LogP contribution in [0.25, 0.3) is 0 Å². The highest BCUT2D eigenvalue weighted by molar-refractivity contribution is 9.10. The van der Waals surface area contributed by atoms with E-state index in [1.165, 1.54) is 16.9 Å². The van der Waals surface area contributed by atoms with Gasteiger partial charge in [-0.1, -0.05) is 40.2 Å². The Hall–Kier alpha value is -1.32. The van der Waals surface area contributed by atoms with E-state index in [9.17, 15) is 0 Å². The van der Waals surface area contributed by atoms with Gasteiger partial charge in [-0.15, -0.1) is 0 Å². The Morgan fingerprint density at radius 3 is 2.75 bits per heavy atom. The van der Waals surface area contributed by atoms with Gasteiger partial charge in [-0.05, 0) is 36.8 Å². The molecule has 0 amide bonds. The fraction of sp³-hybridized carbons (Fsp3) is 0.294. The van der Waals surface area contributed by atoms with E-state index < -0.39 is 0 Å². The molecular formula is C17H18BrNO. The quantitative estimate of drug-likeness (QED) is 0.760. The summed E-state index contributed by atoms with van der Waals surface area (Å²) in [5.41, 5.74) is 3.83. The molecule has 0 saturated heterocycles. The predicted molar refractivity (Wildman–Crippen MR) is 86.7 cm³/mol. The topological polar surface area (TPSA) is 12.5 Å². The number of benzene rings is 2. The number of rotatable bonds is 1. The van der Waals surface area contributed by atoms with E-state index in [1.54, 1.807) is 0 Å². The molecule has 1 aliphatic rings. The predicted octanol–water partition coefficient (Wildman–Crippen LogP) is 4.55. The molecule has 0 fully saturated rings. The Bertz CT molecular complexity index is 585. The maximum absolute atomic E-state index is 5.87. The van der Waals surface area contributed by atoms with Crippen LogP contribution in [-0.2, 0) is 11.2 Å². The second kappa shape index (κ2) is 5.98. The summed E-state index contributed by atoms with van der Waals surface area (Å²) in [7, 11) is 0. The zero-order valence-corrected chi connectivity index (χ0v) is 13.1. The summed E-state index contributed by atoms with van der Waals surface area (Å²) in [6, 6.07) is 17.0. The van der Waals surface area contributed by atoms with Gasteiger partial charge in [-0.3, -0.25) is 0 Å². The molecule has 0 N–H and O–H groups in total. The molecule has 3 rings (SSSR count). The average molecular weight is 332 g/mol. The first-order valence-corrected chi connectivity index (χ1v) is 7.76. The lowest BCUT2D eigenvalue weighted by Crippen LogP contribution is -2.29. The lowest BCUT2D eigenvalue weighted by atomic mass is 10.0. The molecular weight excluding hydrogens is 314 g/mol. The van der Waals surface area contributed by atoms with Crippen molar-refractivity contribution >= 4 is 27.3 Å². The molecule has 104 valence electrons. The van der Waals surface area contributed by atoms with Crippen LogP contribution in [0.2, 0.25) is 0 Å². The van der Waals surface area contributed by atoms with E-state index in [1.807, 2.05) is 6.07 Å². The van der Waals surface area contributed by atoms with Crippen molar-refractivity contribution < 1.29 is 4.74 Å². The van der Waals surface area contributed by atoms with Crippen molar-refractivity contribution in [2.24, 2.45) is 0 Å². The second-order valence-electron chi connectivity index (χ2n) is 5.15. The highest BCUT2D eigenvalue weighted by atomic mass is 79.9. The van der Waals surface area contributed by atoms with Gasteiger partial charge in [-0.25, -0.2) is 0 Å². The summed E-state index contributed by atoms with van der Waals surface area (Å²) in [5.74, 6) is 0. The van der Waals surface area contributed by atoms with Gasteiger partial charge in [0.25, 0.3) is 0 Å². The first-order valence-electron chi connectivity index (χ1n) is 6.96. The van der Waals surface area contributed by atoms with Gasteiger partial charge in [0.2, 0.25) is 0 Å². The zero-order valence-electron chi connectivity index (χ0n) is 11.6. The molecule has 0 aliphatic carbocycles. The van der Waals surface area contributed by atoms with Crippen molar-refractivity contribution in [3.05, 3.63) is 58.6 Å². The highest BCUT2D eigenvalue weighted by Crippen LogP contribution is 2.33. The third kappa shape index (κ3) is 2.89. The Morgan fingerprint density at radius 2 is 1.95 bits per heavy atom. The Labute approximate surface area is 128 Å². The summed E-state index contributed by atoms with van der Waals surface area (Å²) in [6.07, 6.45) is 1.22. The lowest BCUT2D eigenvalue weighted by Gasteiger charge is -2.31. The zero-order chi connectivity index (χ0) is 13.9. The third-order valence-electron chi connectivity index (χ3n) is 3.63. The molecule has 0 radical (unpaired) electrons. The minimum atomic E-state index is 0.271. The second-order valence-corrected chi connectivity index (χ2v) is 6.06. The maximum Gasteiger partial charge on any atom is 0.0649 e. The molecule has 0 saturated carbocycles. The van der Waals surface area contributed by atoms with Crippen LogP contribution in [0.4, 0.5) is 11.4 Å². The summed E-state index contributed by atoms with van der Waals surface area (Å²) < 4.78 is 6.99. The van der Waals surface area contributed by atoms with Crippen LogP contribution in [0.3, 0.4) is 0 Å². The minimum absolute atomic E-state index is 0.271. The van der Waals surface area contributed by atoms with Gasteiger partial charge >= 0.3 is 0 Å². The molecule has 0 spiro atoms. The number of hydrogen-bond donors (Lipinski definition) is 0. The summed E-state index contributed by atoms with van der Waals surface area (Å²) in [5, 5.41) is 0. The molecule has 20 heavy (non-hydrogen) atoms. The largest absolute Gasteiger partial charge is 0.376 e. The fourth-order valence-corrected chi connectivity index (χ4v) is 3.02. The maximum atomic E-state index is 5.87. The average Bonchev–Trinajstić information content (AvgIpc) is 2.45. The first-order chi connectivity index (χ1) is 9.74. The number of para-hydroxylation sites is 1. The Morgan fingerprint density at radius 1 is 1.15 bits per heavy atom. The number of nitrogens with zero attached hydrogens (tertiary/aromatic N) is 1. The van der Waals surface area contributed by atoms with Gasteiger partial charge < -0.3 is 9.64 Å². The van der Waals surface area contributed by atoms with Crippen molar-refractivity contribution in [1.82, 2.24) is 0 Å².